The number of halogens is 3. The SMILES string of the molecule is C=C/C(=C\C(=C/C)c1ccc2[nH]nc(-c3nc4nccc(-c5ccc(F)cc5)c4[nH]3)c2n1)CN1CCC(F)(F)C1. The van der Waals surface area contributed by atoms with Crippen molar-refractivity contribution in [1.29, 1.82) is 0 Å². The quantitative estimate of drug-likeness (QED) is 0.228. The molecule has 4 aromatic heterocycles. The van der Waals surface area contributed by atoms with Crippen molar-refractivity contribution in [1.82, 2.24) is 35.0 Å². The van der Waals surface area contributed by atoms with E-state index in [0.717, 1.165) is 27.8 Å². The number of allylic oxidation sites excluding steroid dienone is 3. The molecule has 6 rings (SSSR count). The number of rotatable bonds is 7. The molecule has 0 saturated carbocycles. The average molecular weight is 542 g/mol. The number of nitrogens with one attached hydrogen (secondary N) is 2. The van der Waals surface area contributed by atoms with Crippen molar-refractivity contribution in [2.75, 3.05) is 19.6 Å². The Morgan fingerprint density at radius 3 is 2.67 bits per heavy atom. The molecule has 5 heterocycles. The molecule has 1 aliphatic heterocycles. The molecule has 1 saturated heterocycles. The van der Waals surface area contributed by atoms with Crippen molar-refractivity contribution in [3.8, 4) is 22.6 Å². The summed E-state index contributed by atoms with van der Waals surface area (Å²) in [6, 6.07) is 11.9. The fraction of sp³-hybridized carbons (Fsp3) is 0.200. The van der Waals surface area contributed by atoms with E-state index < -0.39 is 5.92 Å². The van der Waals surface area contributed by atoms with Gasteiger partial charge in [-0.25, -0.2) is 28.1 Å². The first-order chi connectivity index (χ1) is 19.3. The molecule has 0 radical (unpaired) electrons. The molecular weight excluding hydrogens is 515 g/mol. The summed E-state index contributed by atoms with van der Waals surface area (Å²) >= 11 is 0. The van der Waals surface area contributed by atoms with Gasteiger partial charge in [0, 0.05) is 31.3 Å². The second-order valence-electron chi connectivity index (χ2n) is 9.80. The van der Waals surface area contributed by atoms with Crippen molar-refractivity contribution in [2.24, 2.45) is 0 Å². The smallest absolute Gasteiger partial charge is 0.261 e. The molecule has 202 valence electrons. The molecule has 2 N–H and O–H groups in total. The van der Waals surface area contributed by atoms with Gasteiger partial charge in [-0.3, -0.25) is 10.00 Å². The van der Waals surface area contributed by atoms with Gasteiger partial charge in [-0.15, -0.1) is 0 Å². The molecule has 40 heavy (non-hydrogen) atoms. The molecule has 1 aromatic carbocycles. The van der Waals surface area contributed by atoms with E-state index in [0.29, 0.717) is 47.0 Å². The Morgan fingerprint density at radius 2 is 1.95 bits per heavy atom. The first-order valence-electron chi connectivity index (χ1n) is 12.9. The number of fused-ring (bicyclic) bond motifs is 2. The van der Waals surface area contributed by atoms with Crippen molar-refractivity contribution in [3.63, 3.8) is 0 Å². The van der Waals surface area contributed by atoms with Crippen LogP contribution in [0.2, 0.25) is 0 Å². The summed E-state index contributed by atoms with van der Waals surface area (Å²) in [5.41, 5.74) is 7.12. The monoisotopic (exact) mass is 541 g/mol. The van der Waals surface area contributed by atoms with Crippen LogP contribution in [-0.2, 0) is 0 Å². The lowest BCUT2D eigenvalue weighted by Crippen LogP contribution is -2.26. The predicted octanol–water partition coefficient (Wildman–Crippen LogP) is 6.56. The molecule has 0 aliphatic carbocycles. The standard InChI is InChI=1S/C30H26F3N7/c1-3-18(16-40-14-12-30(32,33)17-40)15-19(4-2)23-9-10-24-26(35-23)27(39-38-24)29-36-25-22(11-13-34-28(25)37-29)20-5-7-21(31)8-6-20/h3-11,13,15H,1,12,14,16-17H2,2H3,(H,38,39)(H,34,36,37)/b18-15+,19-4+. The van der Waals surface area contributed by atoms with Gasteiger partial charge in [-0.1, -0.05) is 30.9 Å². The zero-order valence-corrected chi connectivity index (χ0v) is 21.8. The van der Waals surface area contributed by atoms with E-state index in [4.69, 9.17) is 4.98 Å². The highest BCUT2D eigenvalue weighted by Crippen LogP contribution is 2.31. The second kappa shape index (κ2) is 10.2. The van der Waals surface area contributed by atoms with Crippen molar-refractivity contribution in [3.05, 3.63) is 90.6 Å². The minimum Gasteiger partial charge on any atom is -0.335 e. The lowest BCUT2D eigenvalue weighted by Gasteiger charge is -2.16. The van der Waals surface area contributed by atoms with Gasteiger partial charge in [-0.05, 0) is 60.0 Å². The van der Waals surface area contributed by atoms with Crippen LogP contribution in [0, 0.1) is 5.82 Å². The third kappa shape index (κ3) is 4.93. The fourth-order valence-electron chi connectivity index (χ4n) is 4.99. The Labute approximate surface area is 228 Å². The summed E-state index contributed by atoms with van der Waals surface area (Å²) in [7, 11) is 0. The highest BCUT2D eigenvalue weighted by Gasteiger charge is 2.38. The van der Waals surface area contributed by atoms with E-state index in [1.54, 1.807) is 29.3 Å². The zero-order valence-electron chi connectivity index (χ0n) is 21.8. The highest BCUT2D eigenvalue weighted by atomic mass is 19.3. The number of hydrogen-bond acceptors (Lipinski definition) is 5. The predicted molar refractivity (Wildman–Crippen MR) is 150 cm³/mol. The Kier molecular flexibility index (Phi) is 6.55. The molecule has 10 heteroatoms. The van der Waals surface area contributed by atoms with E-state index >= 15 is 0 Å². The number of aromatic amines is 2. The van der Waals surface area contributed by atoms with E-state index in [9.17, 15) is 13.2 Å². The van der Waals surface area contributed by atoms with Crippen LogP contribution >= 0.6 is 0 Å². The maximum atomic E-state index is 13.7. The number of nitrogens with zero attached hydrogens (tertiary/aromatic N) is 5. The normalized spacial score (nSPS) is 16.3. The third-order valence-electron chi connectivity index (χ3n) is 7.04. The maximum absolute atomic E-state index is 13.7. The molecule has 5 aromatic rings. The summed E-state index contributed by atoms with van der Waals surface area (Å²) in [5, 5.41) is 7.49. The van der Waals surface area contributed by atoms with Crippen LogP contribution in [0.5, 0.6) is 0 Å². The number of benzene rings is 1. The van der Waals surface area contributed by atoms with Gasteiger partial charge < -0.3 is 4.98 Å². The number of H-pyrrole nitrogens is 2. The first kappa shape index (κ1) is 25.7. The Hall–Kier alpha value is -4.57. The van der Waals surface area contributed by atoms with Crippen LogP contribution in [0.1, 0.15) is 19.0 Å². The largest absolute Gasteiger partial charge is 0.335 e. The Morgan fingerprint density at radius 1 is 1.12 bits per heavy atom. The Balaban J connectivity index is 1.35. The van der Waals surface area contributed by atoms with E-state index in [2.05, 4.69) is 31.7 Å². The summed E-state index contributed by atoms with van der Waals surface area (Å²) in [6.07, 6.45) is 7.09. The Bertz CT molecular complexity index is 1780. The number of pyridine rings is 2. The highest BCUT2D eigenvalue weighted by molar-refractivity contribution is 5.95. The van der Waals surface area contributed by atoms with Gasteiger partial charge in [-0.2, -0.15) is 5.10 Å². The molecule has 0 unspecified atom stereocenters. The molecule has 0 bridgehead atoms. The summed E-state index contributed by atoms with van der Waals surface area (Å²) in [5.74, 6) is -2.46. The number of likely N-dealkylation sites (tertiary alicyclic amines) is 1. The van der Waals surface area contributed by atoms with Crippen LogP contribution in [-0.4, -0.2) is 60.6 Å². The molecule has 1 aliphatic rings. The number of alkyl halides is 2. The van der Waals surface area contributed by atoms with Crippen LogP contribution in [0.3, 0.4) is 0 Å². The third-order valence-corrected chi connectivity index (χ3v) is 7.04. The van der Waals surface area contributed by atoms with Crippen LogP contribution in [0.25, 0.3) is 50.4 Å². The van der Waals surface area contributed by atoms with Crippen LogP contribution in [0.4, 0.5) is 13.2 Å². The van der Waals surface area contributed by atoms with E-state index in [1.807, 2.05) is 37.3 Å². The number of aromatic nitrogens is 6. The topological polar surface area (TPSA) is 86.4 Å². The van der Waals surface area contributed by atoms with E-state index in [1.165, 1.54) is 12.1 Å². The molecule has 0 spiro atoms. The molecule has 7 nitrogen and oxygen atoms in total. The summed E-state index contributed by atoms with van der Waals surface area (Å²) < 4.78 is 40.9. The summed E-state index contributed by atoms with van der Waals surface area (Å²) in [4.78, 5) is 19.0. The van der Waals surface area contributed by atoms with Gasteiger partial charge in [0.05, 0.1) is 23.3 Å². The van der Waals surface area contributed by atoms with Gasteiger partial charge in [0.25, 0.3) is 5.92 Å². The van der Waals surface area contributed by atoms with Gasteiger partial charge >= 0.3 is 0 Å². The average Bonchev–Trinajstić information content (AvgIpc) is 3.66. The maximum Gasteiger partial charge on any atom is 0.261 e. The number of hydrogen-bond donors (Lipinski definition) is 2. The zero-order chi connectivity index (χ0) is 27.9. The van der Waals surface area contributed by atoms with E-state index in [-0.39, 0.29) is 18.8 Å². The lowest BCUT2D eigenvalue weighted by molar-refractivity contribution is 0.0131. The molecule has 0 amide bonds. The molecular formula is C30H26F3N7. The molecule has 1 fully saturated rings. The van der Waals surface area contributed by atoms with Crippen LogP contribution < -0.4 is 0 Å². The van der Waals surface area contributed by atoms with Gasteiger partial charge in [0.15, 0.2) is 17.2 Å². The number of imidazole rings is 1. The van der Waals surface area contributed by atoms with Crippen LogP contribution in [0.15, 0.2) is 79.0 Å². The minimum absolute atomic E-state index is 0.127. The minimum atomic E-state index is -2.65. The van der Waals surface area contributed by atoms with Crippen molar-refractivity contribution >= 4 is 27.8 Å². The summed E-state index contributed by atoms with van der Waals surface area (Å²) in [6.45, 7) is 6.28. The lowest BCUT2D eigenvalue weighted by atomic mass is 10.1. The van der Waals surface area contributed by atoms with Crippen molar-refractivity contribution in [2.45, 2.75) is 19.3 Å². The van der Waals surface area contributed by atoms with Crippen molar-refractivity contribution < 1.29 is 13.2 Å². The molecule has 0 atom stereocenters. The fourth-order valence-corrected chi connectivity index (χ4v) is 4.99. The van der Waals surface area contributed by atoms with Gasteiger partial charge in [0.2, 0.25) is 0 Å². The first-order valence-corrected chi connectivity index (χ1v) is 12.9. The second-order valence-corrected chi connectivity index (χ2v) is 9.80. The van der Waals surface area contributed by atoms with Gasteiger partial charge in [0.1, 0.15) is 11.3 Å².